The number of hydrogen-bond donors (Lipinski definition) is 3. The Hall–Kier alpha value is -0.160. The van der Waals surface area contributed by atoms with E-state index in [1.165, 1.54) is 0 Å². The summed E-state index contributed by atoms with van der Waals surface area (Å²) in [6.45, 7) is 4.25. The van der Waals surface area contributed by atoms with Crippen LogP contribution in [0, 0.1) is 5.92 Å². The van der Waals surface area contributed by atoms with Gasteiger partial charge in [0.1, 0.15) is 0 Å². The zero-order chi connectivity index (χ0) is 6.28. The molecular weight excluding hydrogens is 110 g/mol. The Kier molecular flexibility index (Phi) is 31.0. The molecule has 0 rings (SSSR count). The monoisotopic (exact) mass is 125 g/mol. The molecule has 0 unspecified atom stereocenters. The van der Waals surface area contributed by atoms with Gasteiger partial charge in [0.2, 0.25) is 0 Å². The van der Waals surface area contributed by atoms with E-state index in [0.717, 1.165) is 0 Å². The average molecular weight is 125 g/mol. The number of hydrogen-bond acceptors (Lipinski definition) is 3. The van der Waals surface area contributed by atoms with Crippen LogP contribution in [0.5, 0.6) is 0 Å². The first kappa shape index (κ1) is 15.7. The van der Waals surface area contributed by atoms with Crippen LogP contribution in [-0.4, -0.2) is 22.4 Å². The first-order chi connectivity index (χ1) is 3.27. The summed E-state index contributed by atoms with van der Waals surface area (Å²) in [6, 6.07) is 0. The molecule has 0 heterocycles. The molecule has 54 valence electrons. The van der Waals surface area contributed by atoms with Crippen LogP contribution in [0.2, 0.25) is 0 Å². The van der Waals surface area contributed by atoms with E-state index < -0.39 is 0 Å². The fraction of sp³-hybridized carbons (Fsp3) is 1.00. The van der Waals surface area contributed by atoms with Crippen LogP contribution in [0.1, 0.15) is 13.8 Å². The van der Waals surface area contributed by atoms with Crippen LogP contribution < -0.4 is 5.90 Å². The van der Waals surface area contributed by atoms with Gasteiger partial charge in [0.15, 0.2) is 0 Å². The Morgan fingerprint density at radius 2 is 1.50 bits per heavy atom. The van der Waals surface area contributed by atoms with Gasteiger partial charge in [0, 0.05) is 6.61 Å². The molecule has 0 saturated heterocycles. The predicted molar refractivity (Wildman–Crippen MR) is 28.5 cm³/mol. The van der Waals surface area contributed by atoms with Gasteiger partial charge >= 0.3 is 0 Å². The largest absolute Gasteiger partial charge is 0.870 e. The van der Waals surface area contributed by atoms with E-state index in [1.807, 2.05) is 13.8 Å². The van der Waals surface area contributed by atoms with Gasteiger partial charge in [-0.2, -0.15) is 0 Å². The van der Waals surface area contributed by atoms with Gasteiger partial charge in [0.25, 0.3) is 0 Å². The lowest BCUT2D eigenvalue weighted by molar-refractivity contribution is -0.670. The molecule has 0 amide bonds. The van der Waals surface area contributed by atoms with E-state index in [9.17, 15) is 0 Å². The minimum absolute atomic E-state index is 0. The van der Waals surface area contributed by atoms with Gasteiger partial charge in [0.05, 0.1) is 0 Å². The summed E-state index contributed by atoms with van der Waals surface area (Å²) in [5, 5.41) is 14.9. The van der Waals surface area contributed by atoms with E-state index in [4.69, 9.17) is 10.3 Å². The fourth-order valence-electron chi connectivity index (χ4n) is 0. The Balaban J connectivity index is -0.0000000750. The number of rotatable bonds is 1. The molecule has 0 fully saturated rings. The zero-order valence-corrected chi connectivity index (χ0v) is 5.33. The molecule has 4 nitrogen and oxygen atoms in total. The summed E-state index contributed by atoms with van der Waals surface area (Å²) in [6.07, 6.45) is 0. The average Bonchev–Trinajstić information content (AvgIpc) is 1.73. The van der Waals surface area contributed by atoms with Crippen LogP contribution in [-0.2, 0) is 0 Å². The molecule has 8 heavy (non-hydrogen) atoms. The van der Waals surface area contributed by atoms with E-state index in [-0.39, 0.29) is 5.48 Å². The topological polar surface area (TPSA) is 98.1 Å². The summed E-state index contributed by atoms with van der Waals surface area (Å²) in [4.78, 5) is 0. The molecule has 6 N–H and O–H groups in total. The lowest BCUT2D eigenvalue weighted by Gasteiger charge is -1.90. The third-order valence-corrected chi connectivity index (χ3v) is 0.365. The normalized spacial score (nSPS) is 6.75. The highest BCUT2D eigenvalue weighted by molar-refractivity contribution is 4.32. The molecule has 4 heteroatoms. The maximum atomic E-state index is 8.14. The van der Waals surface area contributed by atoms with E-state index in [1.54, 1.807) is 0 Å². The minimum Gasteiger partial charge on any atom is -0.870 e. The Morgan fingerprint density at radius 1 is 1.38 bits per heavy atom. The van der Waals surface area contributed by atoms with Crippen molar-refractivity contribution in [1.82, 2.24) is 0 Å². The van der Waals surface area contributed by atoms with Crippen molar-refractivity contribution in [3.63, 3.8) is 0 Å². The molecule has 0 aliphatic heterocycles. The molecule has 0 spiro atoms. The maximum Gasteiger partial charge on any atom is 0.0453 e. The van der Waals surface area contributed by atoms with Gasteiger partial charge < -0.3 is 10.6 Å². The summed E-state index contributed by atoms with van der Waals surface area (Å²) >= 11 is 0. The lowest BCUT2D eigenvalue weighted by atomic mass is 10.2. The van der Waals surface area contributed by atoms with Crippen molar-refractivity contribution >= 4 is 0 Å². The van der Waals surface area contributed by atoms with Crippen LogP contribution in [0.25, 0.3) is 0 Å². The van der Waals surface area contributed by atoms with Crippen molar-refractivity contribution in [1.29, 1.82) is 0 Å². The van der Waals surface area contributed by atoms with Crippen molar-refractivity contribution in [2.45, 2.75) is 13.8 Å². The Labute approximate surface area is 49.2 Å². The smallest absolute Gasteiger partial charge is 0.0453 e. The Morgan fingerprint density at radius 3 is 1.50 bits per heavy atom. The molecule has 0 aromatic heterocycles. The zero-order valence-electron chi connectivity index (χ0n) is 5.33. The molecule has 0 saturated carbocycles. The van der Waals surface area contributed by atoms with Crippen molar-refractivity contribution in [2.24, 2.45) is 5.92 Å². The second kappa shape index (κ2) is 15.8. The predicted octanol–water partition coefficient (Wildman–Crippen LogP) is -0.925. The van der Waals surface area contributed by atoms with Crippen molar-refractivity contribution < 1.29 is 21.7 Å². The highest BCUT2D eigenvalue weighted by atomic mass is 16.4. The van der Waals surface area contributed by atoms with Crippen molar-refractivity contribution in [3.8, 4) is 0 Å². The van der Waals surface area contributed by atoms with Gasteiger partial charge in [-0.25, -0.2) is 11.1 Å². The molecule has 0 aromatic rings. The SMILES string of the molecule is CC(C)CO.[NH3+]O.[OH-]. The summed E-state index contributed by atoms with van der Waals surface area (Å²) in [7, 11) is 0. The van der Waals surface area contributed by atoms with Crippen LogP contribution in [0.3, 0.4) is 0 Å². The summed E-state index contributed by atoms with van der Waals surface area (Å²) in [5.41, 5.74) is 0. The number of aliphatic hydroxyl groups is 1. The molecule has 0 atom stereocenters. The van der Waals surface area contributed by atoms with Gasteiger partial charge in [-0.05, 0) is 5.92 Å². The molecule has 0 aromatic carbocycles. The quantitative estimate of drug-likeness (QED) is 0.395. The van der Waals surface area contributed by atoms with Crippen LogP contribution in [0.15, 0.2) is 0 Å². The summed E-state index contributed by atoms with van der Waals surface area (Å²) in [5.74, 6) is 2.69. The second-order valence-electron chi connectivity index (χ2n) is 1.58. The molecule has 0 aliphatic carbocycles. The molecular formula is C4H15NO3. The Bertz CT molecular complexity index is 25.2. The minimum atomic E-state index is 0. The summed E-state index contributed by atoms with van der Waals surface area (Å²) < 4.78 is 0. The molecule has 0 radical (unpaired) electrons. The first-order valence-electron chi connectivity index (χ1n) is 2.20. The van der Waals surface area contributed by atoms with Crippen molar-refractivity contribution in [2.75, 3.05) is 6.61 Å². The van der Waals surface area contributed by atoms with Crippen molar-refractivity contribution in [3.05, 3.63) is 0 Å². The third-order valence-electron chi connectivity index (χ3n) is 0.365. The van der Waals surface area contributed by atoms with Crippen LogP contribution in [0.4, 0.5) is 0 Å². The molecule has 0 aliphatic rings. The third kappa shape index (κ3) is 40.4. The van der Waals surface area contributed by atoms with E-state index >= 15 is 0 Å². The molecule has 0 bridgehead atoms. The van der Waals surface area contributed by atoms with E-state index in [0.29, 0.717) is 12.5 Å². The second-order valence-corrected chi connectivity index (χ2v) is 1.58. The van der Waals surface area contributed by atoms with E-state index in [2.05, 4.69) is 5.90 Å². The highest BCUT2D eigenvalue weighted by Crippen LogP contribution is 1.83. The van der Waals surface area contributed by atoms with Gasteiger partial charge in [-0.3, -0.25) is 0 Å². The van der Waals surface area contributed by atoms with Gasteiger partial charge in [-0.15, -0.1) is 0 Å². The number of quaternary nitrogens is 1. The number of aliphatic hydroxyl groups excluding tert-OH is 1. The maximum absolute atomic E-state index is 8.14. The standard InChI is InChI=1S/C4H10O.H4NO.H2O/c1-4(2)3-5;1-2;/h4-5H,3H2,1-2H3;2H,1H3;1H2/q;+1;/p-1. The van der Waals surface area contributed by atoms with Crippen LogP contribution >= 0.6 is 0 Å². The highest BCUT2D eigenvalue weighted by Gasteiger charge is 1.81. The van der Waals surface area contributed by atoms with Gasteiger partial charge in [-0.1, -0.05) is 13.8 Å². The first-order valence-corrected chi connectivity index (χ1v) is 2.20. The fourth-order valence-corrected chi connectivity index (χ4v) is 0. The lowest BCUT2D eigenvalue weighted by Crippen LogP contribution is -2.42.